The molecule has 0 saturated heterocycles. The number of alkyl carbamates (subject to hydrolysis) is 1. The Kier molecular flexibility index (Phi) is 4.32. The lowest BCUT2D eigenvalue weighted by molar-refractivity contribution is 0.0522. The highest BCUT2D eigenvalue weighted by atomic mass is 16.6. The predicted octanol–water partition coefficient (Wildman–Crippen LogP) is 1.66. The Labute approximate surface area is 119 Å². The fourth-order valence-electron chi connectivity index (χ4n) is 1.96. The van der Waals surface area contributed by atoms with Gasteiger partial charge >= 0.3 is 6.09 Å². The van der Waals surface area contributed by atoms with Crippen LogP contribution in [-0.4, -0.2) is 33.6 Å². The minimum atomic E-state index is -0.448. The van der Waals surface area contributed by atoms with Crippen molar-refractivity contribution >= 4 is 6.09 Å². The third kappa shape index (κ3) is 4.52. The normalized spacial score (nSPS) is 21.6. The van der Waals surface area contributed by atoms with Gasteiger partial charge in [0.1, 0.15) is 5.60 Å². The highest BCUT2D eigenvalue weighted by molar-refractivity contribution is 5.68. The van der Waals surface area contributed by atoms with Gasteiger partial charge in [0.15, 0.2) is 0 Å². The Morgan fingerprint density at radius 1 is 1.50 bits per heavy atom. The molecular formula is C14H24N4O2. The Balaban J connectivity index is 1.66. The van der Waals surface area contributed by atoms with Gasteiger partial charge in [-0.05, 0) is 34.1 Å². The zero-order valence-corrected chi connectivity index (χ0v) is 12.6. The van der Waals surface area contributed by atoms with Gasteiger partial charge in [-0.15, -0.1) is 0 Å². The van der Waals surface area contributed by atoms with Gasteiger partial charge in [-0.25, -0.2) is 4.79 Å². The lowest BCUT2D eigenvalue weighted by atomic mass is 10.2. The summed E-state index contributed by atoms with van der Waals surface area (Å²) >= 11 is 0. The molecule has 6 heteroatoms. The number of hydrogen-bond acceptors (Lipinski definition) is 4. The zero-order chi connectivity index (χ0) is 14.8. The van der Waals surface area contributed by atoms with Gasteiger partial charge in [0.25, 0.3) is 0 Å². The van der Waals surface area contributed by atoms with Crippen LogP contribution < -0.4 is 10.6 Å². The molecule has 2 rings (SSSR count). The number of aryl methyl sites for hydroxylation is 1. The predicted molar refractivity (Wildman–Crippen MR) is 76.3 cm³/mol. The van der Waals surface area contributed by atoms with E-state index in [1.54, 1.807) is 0 Å². The standard InChI is InChI=1S/C14H24N4O2/c1-5-18-9-10(8-16-18)7-15-11-6-12(11)17-13(19)20-14(2,3)4/h8-9,11-12,15H,5-7H2,1-4H3,(H,17,19). The molecule has 0 spiro atoms. The van der Waals surface area contributed by atoms with E-state index in [0.29, 0.717) is 6.04 Å². The second kappa shape index (κ2) is 5.83. The number of aromatic nitrogens is 2. The molecule has 2 N–H and O–H groups in total. The molecule has 1 heterocycles. The first-order valence-corrected chi connectivity index (χ1v) is 7.11. The highest BCUT2D eigenvalue weighted by Crippen LogP contribution is 2.22. The third-order valence-corrected chi connectivity index (χ3v) is 3.07. The number of carbonyl (C=O) groups is 1. The van der Waals surface area contributed by atoms with Gasteiger partial charge in [0.2, 0.25) is 0 Å². The summed E-state index contributed by atoms with van der Waals surface area (Å²) in [5.74, 6) is 0. The largest absolute Gasteiger partial charge is 0.444 e. The number of amides is 1. The Hall–Kier alpha value is -1.56. The highest BCUT2D eigenvalue weighted by Gasteiger charge is 2.38. The SMILES string of the molecule is CCn1cc(CNC2CC2NC(=O)OC(C)(C)C)cn1. The number of carbonyl (C=O) groups excluding carboxylic acids is 1. The molecule has 0 bridgehead atoms. The van der Waals surface area contributed by atoms with E-state index < -0.39 is 5.60 Å². The summed E-state index contributed by atoms with van der Waals surface area (Å²) in [4.78, 5) is 11.6. The number of nitrogens with zero attached hydrogens (tertiary/aromatic N) is 2. The summed E-state index contributed by atoms with van der Waals surface area (Å²) in [6.07, 6.45) is 4.51. The molecule has 1 fully saturated rings. The summed E-state index contributed by atoms with van der Waals surface area (Å²) in [6, 6.07) is 0.499. The molecule has 0 radical (unpaired) electrons. The molecule has 1 aliphatic rings. The number of ether oxygens (including phenoxy) is 1. The van der Waals surface area contributed by atoms with Gasteiger partial charge in [0, 0.05) is 36.9 Å². The van der Waals surface area contributed by atoms with Gasteiger partial charge < -0.3 is 15.4 Å². The summed E-state index contributed by atoms with van der Waals surface area (Å²) in [7, 11) is 0. The van der Waals surface area contributed by atoms with Crippen molar-refractivity contribution in [2.45, 2.75) is 64.9 Å². The van der Waals surface area contributed by atoms with Crippen molar-refractivity contribution < 1.29 is 9.53 Å². The van der Waals surface area contributed by atoms with Gasteiger partial charge in [-0.3, -0.25) is 4.68 Å². The first-order valence-electron chi connectivity index (χ1n) is 7.11. The fourth-order valence-corrected chi connectivity index (χ4v) is 1.96. The smallest absolute Gasteiger partial charge is 0.407 e. The van der Waals surface area contributed by atoms with Gasteiger partial charge in [-0.1, -0.05) is 0 Å². The van der Waals surface area contributed by atoms with Crippen LogP contribution in [0, 0.1) is 0 Å². The summed E-state index contributed by atoms with van der Waals surface area (Å²) in [5, 5.41) is 10.5. The lowest BCUT2D eigenvalue weighted by Crippen LogP contribution is -2.36. The number of rotatable bonds is 5. The van der Waals surface area contributed by atoms with Crippen LogP contribution in [0.15, 0.2) is 12.4 Å². The maximum atomic E-state index is 11.6. The molecule has 0 aromatic carbocycles. The van der Waals surface area contributed by atoms with Crippen molar-refractivity contribution in [1.29, 1.82) is 0 Å². The molecule has 20 heavy (non-hydrogen) atoms. The Morgan fingerprint density at radius 3 is 2.85 bits per heavy atom. The van der Waals surface area contributed by atoms with Crippen LogP contribution in [0.25, 0.3) is 0 Å². The molecule has 112 valence electrons. The first kappa shape index (κ1) is 14.8. The van der Waals surface area contributed by atoms with Gasteiger partial charge in [-0.2, -0.15) is 5.10 Å². The van der Waals surface area contributed by atoms with Crippen molar-refractivity contribution in [1.82, 2.24) is 20.4 Å². The molecule has 2 unspecified atom stereocenters. The maximum absolute atomic E-state index is 11.6. The zero-order valence-electron chi connectivity index (χ0n) is 12.6. The van der Waals surface area contributed by atoms with Crippen LogP contribution in [0.4, 0.5) is 4.79 Å². The fraction of sp³-hybridized carbons (Fsp3) is 0.714. The van der Waals surface area contributed by atoms with E-state index in [4.69, 9.17) is 4.74 Å². The monoisotopic (exact) mass is 280 g/mol. The molecule has 6 nitrogen and oxygen atoms in total. The minimum absolute atomic E-state index is 0.172. The summed E-state index contributed by atoms with van der Waals surface area (Å²) in [6.45, 7) is 9.30. The van der Waals surface area contributed by atoms with E-state index in [1.165, 1.54) is 0 Å². The molecule has 1 aliphatic carbocycles. The number of nitrogens with one attached hydrogen (secondary N) is 2. The van der Waals surface area contributed by atoms with Crippen LogP contribution in [0.2, 0.25) is 0 Å². The van der Waals surface area contributed by atoms with Crippen molar-refractivity contribution in [3.8, 4) is 0 Å². The Bertz CT molecular complexity index is 464. The molecule has 2 atom stereocenters. The van der Waals surface area contributed by atoms with Crippen LogP contribution in [0.5, 0.6) is 0 Å². The van der Waals surface area contributed by atoms with Crippen molar-refractivity contribution in [2.24, 2.45) is 0 Å². The van der Waals surface area contributed by atoms with Crippen LogP contribution in [0.3, 0.4) is 0 Å². The van der Waals surface area contributed by atoms with E-state index in [2.05, 4.69) is 22.7 Å². The topological polar surface area (TPSA) is 68.2 Å². The van der Waals surface area contributed by atoms with Gasteiger partial charge in [0.05, 0.1) is 6.20 Å². The molecule has 1 saturated carbocycles. The molecule has 1 amide bonds. The maximum Gasteiger partial charge on any atom is 0.407 e. The quantitative estimate of drug-likeness (QED) is 0.860. The van der Waals surface area contributed by atoms with Crippen LogP contribution in [0.1, 0.15) is 39.7 Å². The summed E-state index contributed by atoms with van der Waals surface area (Å²) < 4.78 is 7.13. The van der Waals surface area contributed by atoms with E-state index in [1.807, 2.05) is 37.8 Å². The molecular weight excluding hydrogens is 256 g/mol. The second-order valence-electron chi connectivity index (χ2n) is 6.18. The third-order valence-electron chi connectivity index (χ3n) is 3.07. The van der Waals surface area contributed by atoms with E-state index in [0.717, 1.165) is 25.1 Å². The first-order chi connectivity index (χ1) is 9.37. The van der Waals surface area contributed by atoms with Crippen molar-refractivity contribution in [3.05, 3.63) is 18.0 Å². The van der Waals surface area contributed by atoms with Crippen LogP contribution in [-0.2, 0) is 17.8 Å². The molecule has 1 aromatic rings. The van der Waals surface area contributed by atoms with Crippen molar-refractivity contribution in [3.63, 3.8) is 0 Å². The molecule has 1 aromatic heterocycles. The van der Waals surface area contributed by atoms with Crippen LogP contribution >= 0.6 is 0 Å². The van der Waals surface area contributed by atoms with E-state index in [-0.39, 0.29) is 12.1 Å². The molecule has 0 aliphatic heterocycles. The van der Waals surface area contributed by atoms with Crippen molar-refractivity contribution in [2.75, 3.05) is 0 Å². The van der Waals surface area contributed by atoms with E-state index in [9.17, 15) is 4.79 Å². The van der Waals surface area contributed by atoms with E-state index >= 15 is 0 Å². The lowest BCUT2D eigenvalue weighted by Gasteiger charge is -2.19. The number of hydrogen-bond donors (Lipinski definition) is 2. The average molecular weight is 280 g/mol. The summed E-state index contributed by atoms with van der Waals surface area (Å²) in [5.41, 5.74) is 0.714. The minimum Gasteiger partial charge on any atom is -0.444 e. The average Bonchev–Trinajstić information content (AvgIpc) is 2.88. The second-order valence-corrected chi connectivity index (χ2v) is 6.18. The Morgan fingerprint density at radius 2 is 2.25 bits per heavy atom.